The predicted octanol–water partition coefficient (Wildman–Crippen LogP) is 3.74. The molecular formula is C22H42O5. The molecule has 0 spiro atoms. The number of allylic oxidation sites excluding steroid dienone is 2. The van der Waals surface area contributed by atoms with Gasteiger partial charge in [-0.3, -0.25) is 0 Å². The van der Waals surface area contributed by atoms with Crippen molar-refractivity contribution >= 4 is 0 Å². The zero-order valence-corrected chi connectivity index (χ0v) is 17.2. The fraction of sp³-hybridized carbons (Fsp3) is 0.909. The van der Waals surface area contributed by atoms with Crippen LogP contribution in [0.4, 0.5) is 0 Å². The van der Waals surface area contributed by atoms with Crippen LogP contribution in [0.25, 0.3) is 0 Å². The summed E-state index contributed by atoms with van der Waals surface area (Å²) in [5.74, 6) is 0. The Morgan fingerprint density at radius 1 is 0.926 bits per heavy atom. The van der Waals surface area contributed by atoms with Crippen LogP contribution >= 0.6 is 0 Å². The smallest absolute Gasteiger partial charge is 0.114 e. The maximum absolute atomic E-state index is 9.81. The van der Waals surface area contributed by atoms with Crippen molar-refractivity contribution in [2.45, 2.75) is 108 Å². The standard InChI is InChI=1S/C22H42O5/c1-2-3-4-5-6-7-8-9-10-11-12-13-14-15-16-26-20(17-23)22-21(25)19(24)18-27-22/h9-10,19-25H,2-8,11-18H2,1H3/b10-9+/t19-,20+,21-,22-/m1/s1. The molecule has 0 saturated carbocycles. The summed E-state index contributed by atoms with van der Waals surface area (Å²) in [5, 5.41) is 28.7. The SMILES string of the molecule is CCCCCCCC/C=C/CCCCCCO[C@@H](CO)[C@H]1OC[C@@H](O)[C@H]1O. The third kappa shape index (κ3) is 11.2. The molecule has 1 fully saturated rings. The molecule has 0 aromatic rings. The first-order valence-corrected chi connectivity index (χ1v) is 11.1. The van der Waals surface area contributed by atoms with E-state index >= 15 is 0 Å². The van der Waals surface area contributed by atoms with E-state index < -0.39 is 24.4 Å². The zero-order valence-electron chi connectivity index (χ0n) is 17.2. The normalized spacial score (nSPS) is 24.1. The van der Waals surface area contributed by atoms with Gasteiger partial charge >= 0.3 is 0 Å². The van der Waals surface area contributed by atoms with Gasteiger partial charge < -0.3 is 24.8 Å². The highest BCUT2D eigenvalue weighted by atomic mass is 16.6. The molecule has 3 N–H and O–H groups in total. The van der Waals surface area contributed by atoms with Gasteiger partial charge in [0.1, 0.15) is 24.4 Å². The molecule has 0 aromatic carbocycles. The summed E-state index contributed by atoms with van der Waals surface area (Å²) < 4.78 is 11.0. The second-order valence-electron chi connectivity index (χ2n) is 7.68. The van der Waals surface area contributed by atoms with Crippen LogP contribution in [-0.4, -0.2) is 59.6 Å². The van der Waals surface area contributed by atoms with E-state index in [4.69, 9.17) is 9.47 Å². The molecule has 1 rings (SSSR count). The van der Waals surface area contributed by atoms with Crippen LogP contribution < -0.4 is 0 Å². The third-order valence-electron chi connectivity index (χ3n) is 5.22. The van der Waals surface area contributed by atoms with Crippen molar-refractivity contribution in [2.24, 2.45) is 0 Å². The summed E-state index contributed by atoms with van der Waals surface area (Å²) in [6, 6.07) is 0. The highest BCUT2D eigenvalue weighted by molar-refractivity contribution is 4.88. The molecule has 0 bridgehead atoms. The molecule has 1 heterocycles. The monoisotopic (exact) mass is 386 g/mol. The van der Waals surface area contributed by atoms with Gasteiger partial charge in [-0.15, -0.1) is 0 Å². The fourth-order valence-electron chi connectivity index (χ4n) is 3.44. The van der Waals surface area contributed by atoms with Crippen molar-refractivity contribution in [1.29, 1.82) is 0 Å². The lowest BCUT2D eigenvalue weighted by Crippen LogP contribution is -2.42. The Labute approximate surface area is 165 Å². The van der Waals surface area contributed by atoms with Crippen molar-refractivity contribution in [2.75, 3.05) is 19.8 Å². The molecule has 5 nitrogen and oxygen atoms in total. The second-order valence-corrected chi connectivity index (χ2v) is 7.68. The van der Waals surface area contributed by atoms with E-state index in [0.29, 0.717) is 6.61 Å². The second kappa shape index (κ2) is 16.5. The number of hydrogen-bond donors (Lipinski definition) is 3. The van der Waals surface area contributed by atoms with Gasteiger partial charge in [0.2, 0.25) is 0 Å². The average Bonchev–Trinajstić information content (AvgIpc) is 3.00. The summed E-state index contributed by atoms with van der Waals surface area (Å²) in [6.45, 7) is 2.68. The van der Waals surface area contributed by atoms with E-state index in [0.717, 1.165) is 19.3 Å². The molecule has 1 saturated heterocycles. The number of unbranched alkanes of at least 4 members (excludes halogenated alkanes) is 10. The minimum Gasteiger partial charge on any atom is -0.394 e. The minimum atomic E-state index is -0.981. The Balaban J connectivity index is 1.90. The van der Waals surface area contributed by atoms with Crippen LogP contribution in [0, 0.1) is 0 Å². The van der Waals surface area contributed by atoms with Crippen molar-refractivity contribution in [3.63, 3.8) is 0 Å². The molecule has 0 aliphatic carbocycles. The Hall–Kier alpha value is -0.460. The first-order valence-electron chi connectivity index (χ1n) is 11.1. The average molecular weight is 387 g/mol. The number of ether oxygens (including phenoxy) is 2. The van der Waals surface area contributed by atoms with Crippen molar-refractivity contribution in [3.8, 4) is 0 Å². The lowest BCUT2D eigenvalue weighted by atomic mass is 10.1. The number of aliphatic hydroxyl groups is 3. The largest absolute Gasteiger partial charge is 0.394 e. The lowest BCUT2D eigenvalue weighted by Gasteiger charge is -2.24. The van der Waals surface area contributed by atoms with E-state index in [-0.39, 0.29) is 13.2 Å². The van der Waals surface area contributed by atoms with Crippen LogP contribution in [-0.2, 0) is 9.47 Å². The van der Waals surface area contributed by atoms with Gasteiger partial charge in [0.15, 0.2) is 0 Å². The van der Waals surface area contributed by atoms with E-state index in [2.05, 4.69) is 19.1 Å². The Morgan fingerprint density at radius 2 is 1.52 bits per heavy atom. The van der Waals surface area contributed by atoms with Gasteiger partial charge in [-0.2, -0.15) is 0 Å². The molecular weight excluding hydrogens is 344 g/mol. The molecule has 0 unspecified atom stereocenters. The van der Waals surface area contributed by atoms with Crippen molar-refractivity contribution in [1.82, 2.24) is 0 Å². The van der Waals surface area contributed by atoms with E-state index in [1.54, 1.807) is 0 Å². The lowest BCUT2D eigenvalue weighted by molar-refractivity contribution is -0.101. The summed E-state index contributed by atoms with van der Waals surface area (Å²) >= 11 is 0. The van der Waals surface area contributed by atoms with Crippen LogP contribution in [0.15, 0.2) is 12.2 Å². The Morgan fingerprint density at radius 3 is 2.07 bits per heavy atom. The maximum atomic E-state index is 9.81. The Bertz CT molecular complexity index is 361. The fourth-order valence-corrected chi connectivity index (χ4v) is 3.44. The number of aliphatic hydroxyl groups excluding tert-OH is 3. The summed E-state index contributed by atoms with van der Waals surface area (Å²) in [7, 11) is 0. The minimum absolute atomic E-state index is 0.0953. The third-order valence-corrected chi connectivity index (χ3v) is 5.22. The van der Waals surface area contributed by atoms with Gasteiger partial charge in [0.25, 0.3) is 0 Å². The van der Waals surface area contributed by atoms with Gasteiger partial charge in [-0.1, -0.05) is 64.0 Å². The predicted molar refractivity (Wildman–Crippen MR) is 109 cm³/mol. The maximum Gasteiger partial charge on any atom is 0.114 e. The molecule has 27 heavy (non-hydrogen) atoms. The molecule has 5 heteroatoms. The summed E-state index contributed by atoms with van der Waals surface area (Å²) in [4.78, 5) is 0. The molecule has 1 aliphatic rings. The van der Waals surface area contributed by atoms with Crippen LogP contribution in [0.2, 0.25) is 0 Å². The highest BCUT2D eigenvalue weighted by Gasteiger charge is 2.40. The highest BCUT2D eigenvalue weighted by Crippen LogP contribution is 2.20. The number of rotatable bonds is 17. The Kier molecular flexibility index (Phi) is 15.0. The van der Waals surface area contributed by atoms with Gasteiger partial charge in [-0.25, -0.2) is 0 Å². The molecule has 160 valence electrons. The molecule has 0 radical (unpaired) electrons. The van der Waals surface area contributed by atoms with Crippen LogP contribution in [0.3, 0.4) is 0 Å². The summed E-state index contributed by atoms with van der Waals surface area (Å²) in [6.07, 6.45) is 16.5. The van der Waals surface area contributed by atoms with E-state index in [9.17, 15) is 15.3 Å². The van der Waals surface area contributed by atoms with Crippen LogP contribution in [0.5, 0.6) is 0 Å². The quantitative estimate of drug-likeness (QED) is 0.262. The van der Waals surface area contributed by atoms with E-state index in [1.807, 2.05) is 0 Å². The molecule has 4 atom stereocenters. The first-order chi connectivity index (χ1) is 13.2. The topological polar surface area (TPSA) is 79.2 Å². The number of hydrogen-bond acceptors (Lipinski definition) is 5. The molecule has 0 amide bonds. The van der Waals surface area contributed by atoms with Crippen molar-refractivity contribution < 1.29 is 24.8 Å². The van der Waals surface area contributed by atoms with Crippen LogP contribution in [0.1, 0.15) is 84.0 Å². The van der Waals surface area contributed by atoms with Crippen molar-refractivity contribution in [3.05, 3.63) is 12.2 Å². The molecule has 1 aliphatic heterocycles. The zero-order chi connectivity index (χ0) is 19.7. The van der Waals surface area contributed by atoms with Gasteiger partial charge in [0.05, 0.1) is 13.2 Å². The van der Waals surface area contributed by atoms with Gasteiger partial charge in [-0.05, 0) is 32.1 Å². The first kappa shape index (κ1) is 24.6. The van der Waals surface area contributed by atoms with Gasteiger partial charge in [0, 0.05) is 6.61 Å². The molecule has 0 aromatic heterocycles. The van der Waals surface area contributed by atoms with E-state index in [1.165, 1.54) is 57.8 Å². The summed E-state index contributed by atoms with van der Waals surface area (Å²) in [5.41, 5.74) is 0.